The molecule has 0 saturated heterocycles. The number of nitrogens with zero attached hydrogens (tertiary/aromatic N) is 3. The molecule has 3 nitrogen and oxygen atoms in total. The van der Waals surface area contributed by atoms with E-state index in [2.05, 4.69) is 10.1 Å². The fraction of sp³-hybridized carbons (Fsp3) is 0.111. The number of hydrogen-bond acceptors (Lipinski definition) is 2. The quantitative estimate of drug-likeness (QED) is 0.696. The molecule has 0 aromatic carbocycles. The molecule has 2 aromatic rings. The Kier molecular flexibility index (Phi) is 2.02. The first-order chi connectivity index (χ1) is 6.27. The minimum atomic E-state index is 0.602. The van der Waals surface area contributed by atoms with Crippen molar-refractivity contribution in [3.63, 3.8) is 0 Å². The van der Waals surface area contributed by atoms with E-state index in [-0.39, 0.29) is 0 Å². The van der Waals surface area contributed by atoms with Crippen LogP contribution in [0.25, 0.3) is 5.69 Å². The lowest BCUT2D eigenvalue weighted by molar-refractivity contribution is 0.860. The summed E-state index contributed by atoms with van der Waals surface area (Å²) in [7, 11) is 0. The third kappa shape index (κ3) is 1.55. The van der Waals surface area contributed by atoms with Crippen molar-refractivity contribution in [3.05, 3.63) is 41.4 Å². The summed E-state index contributed by atoms with van der Waals surface area (Å²) in [5.41, 5.74) is 1.82. The van der Waals surface area contributed by atoms with E-state index in [0.717, 1.165) is 11.4 Å². The van der Waals surface area contributed by atoms with Crippen LogP contribution in [0.4, 0.5) is 0 Å². The topological polar surface area (TPSA) is 30.7 Å². The average Bonchev–Trinajstić information content (AvgIpc) is 2.53. The van der Waals surface area contributed by atoms with Crippen LogP contribution in [0.3, 0.4) is 0 Å². The largest absolute Gasteiger partial charge is 0.263 e. The zero-order chi connectivity index (χ0) is 9.26. The van der Waals surface area contributed by atoms with Crippen molar-refractivity contribution in [1.29, 1.82) is 0 Å². The Labute approximate surface area is 81.0 Å². The Morgan fingerprint density at radius 3 is 2.85 bits per heavy atom. The molecule has 0 aliphatic carbocycles. The van der Waals surface area contributed by atoms with Crippen LogP contribution >= 0.6 is 11.6 Å². The summed E-state index contributed by atoms with van der Waals surface area (Å²) >= 11 is 5.94. The van der Waals surface area contributed by atoms with Gasteiger partial charge >= 0.3 is 0 Å². The molecule has 0 bridgehead atoms. The molecule has 2 aromatic heterocycles. The molecule has 2 heterocycles. The van der Waals surface area contributed by atoms with Crippen LogP contribution in [0.5, 0.6) is 0 Å². The summed E-state index contributed by atoms with van der Waals surface area (Å²) < 4.78 is 1.74. The van der Waals surface area contributed by atoms with Gasteiger partial charge in [-0.1, -0.05) is 11.6 Å². The van der Waals surface area contributed by atoms with E-state index in [1.165, 1.54) is 0 Å². The predicted octanol–water partition coefficient (Wildman–Crippen LogP) is 2.23. The van der Waals surface area contributed by atoms with E-state index in [1.807, 2.05) is 25.3 Å². The highest BCUT2D eigenvalue weighted by Gasteiger charge is 2.02. The molecule has 0 radical (unpaired) electrons. The Morgan fingerprint density at radius 1 is 1.38 bits per heavy atom. The number of pyridine rings is 1. The molecule has 4 heteroatoms. The molecule has 0 aliphatic heterocycles. The maximum absolute atomic E-state index is 5.94. The van der Waals surface area contributed by atoms with Crippen LogP contribution in [-0.2, 0) is 0 Å². The van der Waals surface area contributed by atoms with Gasteiger partial charge in [0.25, 0.3) is 0 Å². The first kappa shape index (κ1) is 8.26. The van der Waals surface area contributed by atoms with Gasteiger partial charge in [0.15, 0.2) is 0 Å². The second-order valence-corrected chi connectivity index (χ2v) is 3.14. The van der Waals surface area contributed by atoms with Crippen molar-refractivity contribution in [2.24, 2.45) is 0 Å². The van der Waals surface area contributed by atoms with E-state index in [0.29, 0.717) is 5.02 Å². The fourth-order valence-corrected chi connectivity index (χ4v) is 1.31. The molecule has 2 rings (SSSR count). The van der Waals surface area contributed by atoms with E-state index in [1.54, 1.807) is 17.1 Å². The lowest BCUT2D eigenvalue weighted by Crippen LogP contribution is -1.95. The second-order valence-electron chi connectivity index (χ2n) is 2.73. The molecule has 0 amide bonds. The van der Waals surface area contributed by atoms with Crippen LogP contribution in [0.2, 0.25) is 5.02 Å². The molecule has 13 heavy (non-hydrogen) atoms. The Bertz CT molecular complexity index is 422. The second kappa shape index (κ2) is 3.18. The summed E-state index contributed by atoms with van der Waals surface area (Å²) in [4.78, 5) is 3.90. The molecule has 66 valence electrons. The average molecular weight is 194 g/mol. The maximum Gasteiger partial charge on any atom is 0.0862 e. The third-order valence-corrected chi connectivity index (χ3v) is 2.01. The minimum Gasteiger partial charge on any atom is -0.263 e. The standard InChI is InChI=1S/C9H8ClN3/c1-7-3-5-13(12-7)9-2-4-11-6-8(9)10/h2-6H,1H3. The summed E-state index contributed by atoms with van der Waals surface area (Å²) in [6.45, 7) is 1.94. The number of aromatic nitrogens is 3. The van der Waals surface area contributed by atoms with Gasteiger partial charge in [0.05, 0.1) is 16.4 Å². The summed E-state index contributed by atoms with van der Waals surface area (Å²) in [5, 5.41) is 4.85. The first-order valence-electron chi connectivity index (χ1n) is 3.89. The molecule has 0 aliphatic rings. The van der Waals surface area contributed by atoms with E-state index in [9.17, 15) is 0 Å². The summed E-state index contributed by atoms with van der Waals surface area (Å²) in [5.74, 6) is 0. The molecule has 0 saturated carbocycles. The van der Waals surface area contributed by atoms with Crippen LogP contribution in [-0.4, -0.2) is 14.8 Å². The highest BCUT2D eigenvalue weighted by molar-refractivity contribution is 6.32. The Morgan fingerprint density at radius 2 is 2.23 bits per heavy atom. The smallest absolute Gasteiger partial charge is 0.0862 e. The van der Waals surface area contributed by atoms with Gasteiger partial charge in [0.2, 0.25) is 0 Å². The number of aryl methyl sites for hydroxylation is 1. The maximum atomic E-state index is 5.94. The van der Waals surface area contributed by atoms with Crippen molar-refractivity contribution in [2.75, 3.05) is 0 Å². The van der Waals surface area contributed by atoms with Crippen LogP contribution < -0.4 is 0 Å². The zero-order valence-corrected chi connectivity index (χ0v) is 7.86. The normalized spacial score (nSPS) is 10.3. The lowest BCUT2D eigenvalue weighted by atomic mass is 10.4. The Hall–Kier alpha value is -1.35. The van der Waals surface area contributed by atoms with Gasteiger partial charge in [0, 0.05) is 18.6 Å². The van der Waals surface area contributed by atoms with E-state index >= 15 is 0 Å². The van der Waals surface area contributed by atoms with Gasteiger partial charge < -0.3 is 0 Å². The summed E-state index contributed by atoms with van der Waals surface area (Å²) in [6, 6.07) is 3.76. The van der Waals surface area contributed by atoms with Crippen molar-refractivity contribution in [3.8, 4) is 5.69 Å². The van der Waals surface area contributed by atoms with E-state index < -0.39 is 0 Å². The molecule has 0 spiro atoms. The van der Waals surface area contributed by atoms with Gasteiger partial charge in [-0.3, -0.25) is 4.98 Å². The number of halogens is 1. The zero-order valence-electron chi connectivity index (χ0n) is 7.11. The van der Waals surface area contributed by atoms with Gasteiger partial charge in [-0.25, -0.2) is 4.68 Å². The SMILES string of the molecule is Cc1ccn(-c2ccncc2Cl)n1. The minimum absolute atomic E-state index is 0.602. The molecule has 0 unspecified atom stereocenters. The highest BCUT2D eigenvalue weighted by atomic mass is 35.5. The molecule has 0 fully saturated rings. The van der Waals surface area contributed by atoms with Gasteiger partial charge in [-0.15, -0.1) is 0 Å². The van der Waals surface area contributed by atoms with Crippen molar-refractivity contribution >= 4 is 11.6 Å². The van der Waals surface area contributed by atoms with Crippen molar-refractivity contribution < 1.29 is 0 Å². The van der Waals surface area contributed by atoms with Crippen LogP contribution in [0.1, 0.15) is 5.69 Å². The van der Waals surface area contributed by atoms with Gasteiger partial charge in [-0.2, -0.15) is 5.10 Å². The van der Waals surface area contributed by atoms with Gasteiger partial charge in [-0.05, 0) is 19.1 Å². The lowest BCUT2D eigenvalue weighted by Gasteiger charge is -2.01. The Balaban J connectivity index is 2.52. The third-order valence-electron chi connectivity index (χ3n) is 1.72. The number of rotatable bonds is 1. The summed E-state index contributed by atoms with van der Waals surface area (Å²) in [6.07, 6.45) is 5.17. The van der Waals surface area contributed by atoms with Gasteiger partial charge in [0.1, 0.15) is 0 Å². The van der Waals surface area contributed by atoms with E-state index in [4.69, 9.17) is 11.6 Å². The fourth-order valence-electron chi connectivity index (χ4n) is 1.10. The number of hydrogen-bond donors (Lipinski definition) is 0. The molecular formula is C9H8ClN3. The molecule has 0 N–H and O–H groups in total. The highest BCUT2D eigenvalue weighted by Crippen LogP contribution is 2.17. The van der Waals surface area contributed by atoms with Crippen molar-refractivity contribution in [2.45, 2.75) is 6.92 Å². The van der Waals surface area contributed by atoms with Crippen LogP contribution in [0.15, 0.2) is 30.7 Å². The molecule has 0 atom stereocenters. The monoisotopic (exact) mass is 193 g/mol. The molecular weight excluding hydrogens is 186 g/mol. The van der Waals surface area contributed by atoms with Crippen LogP contribution in [0, 0.1) is 6.92 Å². The van der Waals surface area contributed by atoms with Crippen molar-refractivity contribution in [1.82, 2.24) is 14.8 Å². The predicted molar refractivity (Wildman–Crippen MR) is 51.1 cm³/mol. The first-order valence-corrected chi connectivity index (χ1v) is 4.27.